The van der Waals surface area contributed by atoms with Gasteiger partial charge in [0.15, 0.2) is 12.4 Å². The molecule has 1 saturated heterocycles. The summed E-state index contributed by atoms with van der Waals surface area (Å²) in [5, 5.41) is 6.66. The topological polar surface area (TPSA) is 137 Å². The van der Waals surface area contributed by atoms with E-state index in [0.717, 1.165) is 24.1 Å². The first-order chi connectivity index (χ1) is 16.4. The summed E-state index contributed by atoms with van der Waals surface area (Å²) in [4.78, 5) is 44.7. The van der Waals surface area contributed by atoms with Gasteiger partial charge in [0.25, 0.3) is 11.5 Å². The average Bonchev–Trinajstić information content (AvgIpc) is 3.24. The van der Waals surface area contributed by atoms with Gasteiger partial charge in [0, 0.05) is 32.7 Å². The molecule has 3 heterocycles. The van der Waals surface area contributed by atoms with Gasteiger partial charge in [-0.25, -0.2) is 9.67 Å². The monoisotopic (exact) mass is 467 g/mol. The van der Waals surface area contributed by atoms with E-state index in [1.165, 1.54) is 13.2 Å². The van der Waals surface area contributed by atoms with Crippen molar-refractivity contribution >= 4 is 28.7 Å². The van der Waals surface area contributed by atoms with E-state index in [1.807, 2.05) is 11.5 Å². The Morgan fingerprint density at radius 3 is 2.82 bits per heavy atom. The number of benzene rings is 1. The molecular weight excluding hydrogens is 438 g/mol. The third-order valence-corrected chi connectivity index (χ3v) is 5.91. The summed E-state index contributed by atoms with van der Waals surface area (Å²) >= 11 is 0. The number of nitrogens with one attached hydrogen (secondary N) is 1. The third-order valence-electron chi connectivity index (χ3n) is 5.91. The number of Topliss-reactive ketones (excluding diaryl/α,β-unsaturated/α-hetero) is 1. The maximum Gasteiger partial charge on any atom is 0.293 e. The van der Waals surface area contributed by atoms with Crippen molar-refractivity contribution in [1.82, 2.24) is 24.6 Å². The Labute approximate surface area is 196 Å². The van der Waals surface area contributed by atoms with Gasteiger partial charge in [-0.05, 0) is 31.9 Å². The van der Waals surface area contributed by atoms with Gasteiger partial charge in [0.05, 0.1) is 11.8 Å². The zero-order valence-electron chi connectivity index (χ0n) is 19.4. The van der Waals surface area contributed by atoms with E-state index in [1.54, 1.807) is 24.3 Å². The number of para-hydroxylation sites is 1. The fourth-order valence-corrected chi connectivity index (χ4v) is 4.18. The number of ether oxygens (including phenoxy) is 1. The summed E-state index contributed by atoms with van der Waals surface area (Å²) in [5.41, 5.74) is 6.91. The summed E-state index contributed by atoms with van der Waals surface area (Å²) in [5.74, 6) is 0.297. The third kappa shape index (κ3) is 4.65. The van der Waals surface area contributed by atoms with E-state index < -0.39 is 5.56 Å². The second-order valence-electron chi connectivity index (χ2n) is 8.23. The number of likely N-dealkylation sites (N-methyl/N-ethyl adjacent to an activating group) is 1. The Kier molecular flexibility index (Phi) is 6.92. The first-order valence-corrected chi connectivity index (χ1v) is 11.3. The second kappa shape index (κ2) is 10.0. The number of carbonyl (C=O) groups excluding carboxylic acids is 2. The molecule has 3 N–H and O–H groups in total. The largest absolute Gasteiger partial charge is 0.483 e. The smallest absolute Gasteiger partial charge is 0.293 e. The number of aromatic nitrogens is 4. The second-order valence-corrected chi connectivity index (χ2v) is 8.23. The van der Waals surface area contributed by atoms with Gasteiger partial charge >= 0.3 is 0 Å². The maximum atomic E-state index is 13.3. The van der Waals surface area contributed by atoms with Crippen LogP contribution in [0.1, 0.15) is 30.1 Å². The SMILES string of the molecule is CCn1c(N2CCCC(N)C2)nc2cnn(CC(=O)c3ccccc3OCC(=O)NC)c(=O)c21. The van der Waals surface area contributed by atoms with Crippen molar-refractivity contribution < 1.29 is 14.3 Å². The highest BCUT2D eigenvalue weighted by Gasteiger charge is 2.24. The first kappa shape index (κ1) is 23.4. The summed E-state index contributed by atoms with van der Waals surface area (Å²) in [7, 11) is 1.50. The predicted molar refractivity (Wildman–Crippen MR) is 127 cm³/mol. The molecular formula is C23H29N7O4. The van der Waals surface area contributed by atoms with Crippen molar-refractivity contribution in [2.24, 2.45) is 5.73 Å². The van der Waals surface area contributed by atoms with E-state index in [-0.39, 0.29) is 42.2 Å². The molecule has 1 fully saturated rings. The molecule has 1 atom stereocenters. The molecule has 0 spiro atoms. The lowest BCUT2D eigenvalue weighted by atomic mass is 10.1. The van der Waals surface area contributed by atoms with E-state index in [2.05, 4.69) is 20.3 Å². The molecule has 11 nitrogen and oxygen atoms in total. The van der Waals surface area contributed by atoms with Crippen molar-refractivity contribution in [3.05, 3.63) is 46.4 Å². The fourth-order valence-electron chi connectivity index (χ4n) is 4.18. The van der Waals surface area contributed by atoms with Crippen LogP contribution in [0.3, 0.4) is 0 Å². The van der Waals surface area contributed by atoms with Crippen LogP contribution in [0.2, 0.25) is 0 Å². The molecule has 3 aromatic rings. The van der Waals surface area contributed by atoms with Gasteiger partial charge < -0.3 is 25.3 Å². The number of hydrogen-bond donors (Lipinski definition) is 2. The number of carbonyl (C=O) groups is 2. The molecule has 1 aliphatic rings. The zero-order valence-corrected chi connectivity index (χ0v) is 19.4. The van der Waals surface area contributed by atoms with Crippen LogP contribution in [0.25, 0.3) is 11.0 Å². The lowest BCUT2D eigenvalue weighted by Crippen LogP contribution is -2.44. The summed E-state index contributed by atoms with van der Waals surface area (Å²) in [6.07, 6.45) is 3.44. The normalized spacial score (nSPS) is 16.0. The lowest BCUT2D eigenvalue weighted by Gasteiger charge is -2.31. The Bertz CT molecular complexity index is 1270. The van der Waals surface area contributed by atoms with Gasteiger partial charge in [0.2, 0.25) is 5.95 Å². The number of anilines is 1. The lowest BCUT2D eigenvalue weighted by molar-refractivity contribution is -0.122. The molecule has 1 unspecified atom stereocenters. The van der Waals surface area contributed by atoms with Crippen LogP contribution < -0.4 is 26.2 Å². The van der Waals surface area contributed by atoms with Gasteiger partial charge in [-0.15, -0.1) is 0 Å². The Hall–Kier alpha value is -3.73. The van der Waals surface area contributed by atoms with Crippen molar-refractivity contribution in [1.29, 1.82) is 0 Å². The molecule has 2 aromatic heterocycles. The molecule has 0 saturated carbocycles. The summed E-state index contributed by atoms with van der Waals surface area (Å²) in [6.45, 7) is 3.50. The van der Waals surface area contributed by atoms with Gasteiger partial charge in [0.1, 0.15) is 23.3 Å². The Morgan fingerprint density at radius 2 is 2.09 bits per heavy atom. The average molecular weight is 468 g/mol. The number of amides is 1. The minimum Gasteiger partial charge on any atom is -0.483 e. The quantitative estimate of drug-likeness (QED) is 0.458. The molecule has 0 bridgehead atoms. The molecule has 34 heavy (non-hydrogen) atoms. The molecule has 180 valence electrons. The van der Waals surface area contributed by atoms with E-state index in [0.29, 0.717) is 30.1 Å². The highest BCUT2D eigenvalue weighted by molar-refractivity contribution is 5.98. The highest BCUT2D eigenvalue weighted by atomic mass is 16.5. The van der Waals surface area contributed by atoms with Crippen molar-refractivity contribution in [3.8, 4) is 5.75 Å². The summed E-state index contributed by atoms with van der Waals surface area (Å²) < 4.78 is 8.49. The van der Waals surface area contributed by atoms with Gasteiger partial charge in [-0.1, -0.05) is 12.1 Å². The standard InChI is InChI=1S/C23H29N7O4/c1-3-29-21-17(27-23(29)28-10-6-7-15(24)12-28)11-26-30(22(21)33)13-18(31)16-8-4-5-9-19(16)34-14-20(32)25-2/h4-5,8-9,11,15H,3,6-7,10,12-14,24H2,1-2H3,(H,25,32). The van der Waals surface area contributed by atoms with E-state index in [9.17, 15) is 14.4 Å². The van der Waals surface area contributed by atoms with Gasteiger partial charge in [-0.2, -0.15) is 5.10 Å². The minimum absolute atomic E-state index is 0.0666. The van der Waals surface area contributed by atoms with E-state index >= 15 is 0 Å². The number of nitrogens with zero attached hydrogens (tertiary/aromatic N) is 5. The molecule has 1 aliphatic heterocycles. The molecule has 0 aliphatic carbocycles. The number of nitrogens with two attached hydrogens (primary N) is 1. The fraction of sp³-hybridized carbons (Fsp3) is 0.435. The summed E-state index contributed by atoms with van der Waals surface area (Å²) in [6, 6.07) is 6.68. The molecule has 1 aromatic carbocycles. The molecule has 1 amide bonds. The number of piperidine rings is 1. The Morgan fingerprint density at radius 1 is 1.29 bits per heavy atom. The van der Waals surface area contributed by atoms with Crippen LogP contribution >= 0.6 is 0 Å². The number of rotatable bonds is 8. The van der Waals surface area contributed by atoms with Crippen LogP contribution in [-0.2, 0) is 17.9 Å². The number of imidazole rings is 1. The van der Waals surface area contributed by atoms with Crippen molar-refractivity contribution in [2.75, 3.05) is 31.6 Å². The van der Waals surface area contributed by atoms with Crippen molar-refractivity contribution in [3.63, 3.8) is 0 Å². The predicted octanol–water partition coefficient (Wildman–Crippen LogP) is 0.548. The van der Waals surface area contributed by atoms with E-state index in [4.69, 9.17) is 10.5 Å². The molecule has 4 rings (SSSR count). The first-order valence-electron chi connectivity index (χ1n) is 11.3. The van der Waals surface area contributed by atoms with Crippen LogP contribution in [-0.4, -0.2) is 63.8 Å². The number of aryl methyl sites for hydroxylation is 1. The van der Waals surface area contributed by atoms with Gasteiger partial charge in [-0.3, -0.25) is 14.4 Å². The Balaban J connectivity index is 1.64. The highest BCUT2D eigenvalue weighted by Crippen LogP contribution is 2.23. The minimum atomic E-state index is -0.392. The number of hydrogen-bond acceptors (Lipinski definition) is 8. The molecule has 11 heteroatoms. The number of fused-ring (bicyclic) bond motifs is 1. The van der Waals surface area contributed by atoms with Crippen LogP contribution in [0.5, 0.6) is 5.75 Å². The zero-order chi connectivity index (χ0) is 24.2. The van der Waals surface area contributed by atoms with Crippen LogP contribution in [0.4, 0.5) is 5.95 Å². The number of ketones is 1. The maximum absolute atomic E-state index is 13.3. The van der Waals surface area contributed by atoms with Crippen LogP contribution in [0.15, 0.2) is 35.3 Å². The van der Waals surface area contributed by atoms with Crippen LogP contribution in [0, 0.1) is 0 Å². The van der Waals surface area contributed by atoms with Crippen molar-refractivity contribution in [2.45, 2.75) is 38.9 Å². The molecule has 0 radical (unpaired) electrons.